The Morgan fingerprint density at radius 1 is 1.71 bits per heavy atom. The summed E-state index contributed by atoms with van der Waals surface area (Å²) in [6, 6.07) is 3.50. The predicted octanol–water partition coefficient (Wildman–Crippen LogP) is -0.0948. The molecule has 1 saturated heterocycles. The van der Waals surface area contributed by atoms with Crippen molar-refractivity contribution >= 4 is 23.2 Å². The second-order valence-corrected chi connectivity index (χ2v) is 4.15. The summed E-state index contributed by atoms with van der Waals surface area (Å²) in [6.45, 7) is 0.551. The number of carbonyl (C=O) groups is 2. The number of thiophene rings is 1. The smallest absolute Gasteiger partial charge is 0.244 e. The van der Waals surface area contributed by atoms with Crippen LogP contribution >= 0.6 is 11.3 Å². The van der Waals surface area contributed by atoms with Crippen molar-refractivity contribution in [1.82, 2.24) is 10.6 Å². The Labute approximate surface area is 85.3 Å². The van der Waals surface area contributed by atoms with Gasteiger partial charge in [0.15, 0.2) is 0 Å². The lowest BCUT2D eigenvalue weighted by molar-refractivity contribution is -0.133. The number of β-lactam (4-membered cyclic amide) rings is 1. The van der Waals surface area contributed by atoms with Crippen molar-refractivity contribution in [2.75, 3.05) is 6.54 Å². The van der Waals surface area contributed by atoms with E-state index in [9.17, 15) is 9.59 Å². The summed E-state index contributed by atoms with van der Waals surface area (Å²) in [4.78, 5) is 23.2. The van der Waals surface area contributed by atoms with Crippen molar-refractivity contribution in [2.24, 2.45) is 0 Å². The van der Waals surface area contributed by atoms with Crippen LogP contribution in [0.2, 0.25) is 0 Å². The molecule has 4 nitrogen and oxygen atoms in total. The molecule has 1 fully saturated rings. The largest absolute Gasteiger partial charge is 0.352 e. The zero-order valence-corrected chi connectivity index (χ0v) is 8.26. The van der Waals surface area contributed by atoms with Crippen molar-refractivity contribution in [2.45, 2.75) is 12.5 Å². The van der Waals surface area contributed by atoms with E-state index in [1.54, 1.807) is 11.3 Å². The van der Waals surface area contributed by atoms with Crippen LogP contribution in [0.5, 0.6) is 0 Å². The SMILES string of the molecule is O=C(Cc1cccs1)NC1CNC1=O. The summed E-state index contributed by atoms with van der Waals surface area (Å²) in [5.41, 5.74) is 0. The van der Waals surface area contributed by atoms with Crippen molar-refractivity contribution in [3.05, 3.63) is 22.4 Å². The summed E-state index contributed by atoms with van der Waals surface area (Å²) in [5, 5.41) is 7.16. The molecular weight excluding hydrogens is 200 g/mol. The van der Waals surface area contributed by atoms with E-state index in [0.29, 0.717) is 13.0 Å². The molecule has 74 valence electrons. The summed E-state index contributed by atoms with van der Waals surface area (Å²) in [6.07, 6.45) is 0.363. The average Bonchev–Trinajstić information content (AvgIpc) is 2.64. The first-order valence-corrected chi connectivity index (χ1v) is 5.23. The van der Waals surface area contributed by atoms with Gasteiger partial charge in [-0.1, -0.05) is 6.07 Å². The van der Waals surface area contributed by atoms with Gasteiger partial charge >= 0.3 is 0 Å². The zero-order chi connectivity index (χ0) is 9.97. The lowest BCUT2D eigenvalue weighted by Crippen LogP contribution is -2.61. The Bertz CT molecular complexity index is 348. The van der Waals surface area contributed by atoms with Crippen molar-refractivity contribution in [1.29, 1.82) is 0 Å². The fourth-order valence-electron chi connectivity index (χ4n) is 1.22. The minimum Gasteiger partial charge on any atom is -0.352 e. The maximum absolute atomic E-state index is 11.4. The summed E-state index contributed by atoms with van der Waals surface area (Å²) in [5.74, 6) is -0.183. The highest BCUT2D eigenvalue weighted by Crippen LogP contribution is 2.09. The van der Waals surface area contributed by atoms with E-state index in [1.165, 1.54) is 0 Å². The van der Waals surface area contributed by atoms with Gasteiger partial charge < -0.3 is 10.6 Å². The van der Waals surface area contributed by atoms with E-state index in [-0.39, 0.29) is 17.9 Å². The molecule has 1 aromatic rings. The second kappa shape index (κ2) is 3.79. The minimum absolute atomic E-state index is 0.0905. The molecule has 2 heterocycles. The molecular formula is C9H10N2O2S. The molecule has 2 rings (SSSR count). The highest BCUT2D eigenvalue weighted by molar-refractivity contribution is 7.10. The van der Waals surface area contributed by atoms with Crippen LogP contribution in [0.3, 0.4) is 0 Å². The maximum Gasteiger partial charge on any atom is 0.244 e. The summed E-state index contributed by atoms with van der Waals surface area (Å²) in [7, 11) is 0. The van der Waals surface area contributed by atoms with Crippen molar-refractivity contribution in [3.63, 3.8) is 0 Å². The predicted molar refractivity (Wildman–Crippen MR) is 53.0 cm³/mol. The first-order valence-electron chi connectivity index (χ1n) is 4.35. The van der Waals surface area contributed by atoms with Crippen LogP contribution in [0.25, 0.3) is 0 Å². The highest BCUT2D eigenvalue weighted by atomic mass is 32.1. The Hall–Kier alpha value is -1.36. The van der Waals surface area contributed by atoms with Gasteiger partial charge in [-0.3, -0.25) is 9.59 Å². The molecule has 1 atom stereocenters. The number of nitrogens with one attached hydrogen (secondary N) is 2. The van der Waals surface area contributed by atoms with Gasteiger partial charge in [-0.15, -0.1) is 11.3 Å². The lowest BCUT2D eigenvalue weighted by Gasteiger charge is -2.26. The maximum atomic E-state index is 11.4. The first kappa shape index (κ1) is 9.21. The van der Waals surface area contributed by atoms with Crippen LogP contribution in [0, 0.1) is 0 Å². The molecule has 1 aliphatic rings. The van der Waals surface area contributed by atoms with Crippen molar-refractivity contribution in [3.8, 4) is 0 Å². The first-order chi connectivity index (χ1) is 6.75. The third-order valence-electron chi connectivity index (χ3n) is 2.05. The molecule has 0 saturated carbocycles. The molecule has 1 aliphatic heterocycles. The van der Waals surface area contributed by atoms with E-state index >= 15 is 0 Å². The highest BCUT2D eigenvalue weighted by Gasteiger charge is 2.28. The fourth-order valence-corrected chi connectivity index (χ4v) is 1.92. The average molecular weight is 210 g/mol. The molecule has 0 aromatic carbocycles. The monoisotopic (exact) mass is 210 g/mol. The van der Waals surface area contributed by atoms with Crippen LogP contribution < -0.4 is 10.6 Å². The van der Waals surface area contributed by atoms with Gasteiger partial charge in [0.1, 0.15) is 6.04 Å². The molecule has 1 unspecified atom stereocenters. The summed E-state index contributed by atoms with van der Waals surface area (Å²) >= 11 is 1.54. The third kappa shape index (κ3) is 1.93. The molecule has 0 bridgehead atoms. The Balaban J connectivity index is 1.82. The normalized spacial score (nSPS) is 19.7. The Kier molecular flexibility index (Phi) is 2.49. The molecule has 1 aromatic heterocycles. The zero-order valence-electron chi connectivity index (χ0n) is 7.45. The number of rotatable bonds is 3. The standard InChI is InChI=1S/C9H10N2O2S/c12-8(4-6-2-1-3-14-6)11-7-5-10-9(7)13/h1-3,7H,4-5H2,(H,10,13)(H,11,12). The van der Waals surface area contributed by atoms with Crippen LogP contribution in [0.1, 0.15) is 4.88 Å². The van der Waals surface area contributed by atoms with Gasteiger partial charge in [-0.25, -0.2) is 0 Å². The topological polar surface area (TPSA) is 58.2 Å². The molecule has 0 aliphatic carbocycles. The molecule has 5 heteroatoms. The van der Waals surface area contributed by atoms with Gasteiger partial charge in [0.05, 0.1) is 6.42 Å². The van der Waals surface area contributed by atoms with Gasteiger partial charge in [-0.05, 0) is 11.4 Å². The fraction of sp³-hybridized carbons (Fsp3) is 0.333. The Morgan fingerprint density at radius 3 is 3.07 bits per heavy atom. The van der Waals surface area contributed by atoms with E-state index in [2.05, 4.69) is 10.6 Å². The number of hydrogen-bond donors (Lipinski definition) is 2. The van der Waals surface area contributed by atoms with Crippen LogP contribution in [-0.4, -0.2) is 24.4 Å². The van der Waals surface area contributed by atoms with Gasteiger partial charge in [0.25, 0.3) is 0 Å². The molecule has 0 spiro atoms. The summed E-state index contributed by atoms with van der Waals surface area (Å²) < 4.78 is 0. The molecule has 14 heavy (non-hydrogen) atoms. The van der Waals surface area contributed by atoms with E-state index in [4.69, 9.17) is 0 Å². The van der Waals surface area contributed by atoms with Gasteiger partial charge in [0, 0.05) is 11.4 Å². The van der Waals surface area contributed by atoms with E-state index in [0.717, 1.165) is 4.88 Å². The van der Waals surface area contributed by atoms with Crippen molar-refractivity contribution < 1.29 is 9.59 Å². The number of amides is 2. The molecule has 2 N–H and O–H groups in total. The lowest BCUT2D eigenvalue weighted by atomic mass is 10.1. The quantitative estimate of drug-likeness (QED) is 0.685. The van der Waals surface area contributed by atoms with Crippen LogP contribution in [-0.2, 0) is 16.0 Å². The number of hydrogen-bond acceptors (Lipinski definition) is 3. The van der Waals surface area contributed by atoms with Crippen LogP contribution in [0.4, 0.5) is 0 Å². The molecule has 2 amide bonds. The minimum atomic E-state index is -0.317. The molecule has 0 radical (unpaired) electrons. The Morgan fingerprint density at radius 2 is 2.57 bits per heavy atom. The third-order valence-corrected chi connectivity index (χ3v) is 2.92. The van der Waals surface area contributed by atoms with E-state index < -0.39 is 0 Å². The van der Waals surface area contributed by atoms with Gasteiger partial charge in [0.2, 0.25) is 11.8 Å². The second-order valence-electron chi connectivity index (χ2n) is 3.12. The van der Waals surface area contributed by atoms with Gasteiger partial charge in [-0.2, -0.15) is 0 Å². The number of carbonyl (C=O) groups excluding carboxylic acids is 2. The van der Waals surface area contributed by atoms with Crippen LogP contribution in [0.15, 0.2) is 17.5 Å². The van der Waals surface area contributed by atoms with E-state index in [1.807, 2.05) is 17.5 Å².